The molecule has 0 spiro atoms. The lowest BCUT2D eigenvalue weighted by Crippen LogP contribution is -2.15. The van der Waals surface area contributed by atoms with Gasteiger partial charge in [-0.3, -0.25) is 0 Å². The third-order valence-electron chi connectivity index (χ3n) is 2.01. The van der Waals surface area contributed by atoms with Crippen molar-refractivity contribution in [3.8, 4) is 0 Å². The van der Waals surface area contributed by atoms with Crippen molar-refractivity contribution in [1.29, 1.82) is 0 Å². The molecule has 0 aliphatic carbocycles. The minimum absolute atomic E-state index is 0.0428. The van der Waals surface area contributed by atoms with Gasteiger partial charge in [0.15, 0.2) is 0 Å². The molecule has 0 atom stereocenters. The standard InChI is InChI=1S/C11H13BrFNO2/c1-5(2)16-11(15)8-9(12)7(13)4-6(3)10(8)14/h4-5H,14H2,1-3H3. The van der Waals surface area contributed by atoms with Crippen molar-refractivity contribution >= 4 is 27.6 Å². The molecule has 1 aromatic rings. The molecule has 0 aliphatic rings. The fourth-order valence-corrected chi connectivity index (χ4v) is 1.73. The summed E-state index contributed by atoms with van der Waals surface area (Å²) < 4.78 is 18.4. The Morgan fingerprint density at radius 1 is 1.56 bits per heavy atom. The Morgan fingerprint density at radius 3 is 2.62 bits per heavy atom. The molecular formula is C11H13BrFNO2. The number of carbonyl (C=O) groups is 1. The summed E-state index contributed by atoms with van der Waals surface area (Å²) in [7, 11) is 0. The highest BCUT2D eigenvalue weighted by Crippen LogP contribution is 2.29. The van der Waals surface area contributed by atoms with Gasteiger partial charge in [0.05, 0.1) is 21.8 Å². The molecule has 5 heteroatoms. The predicted octanol–water partition coefficient (Wildman–Crippen LogP) is 3.04. The maximum Gasteiger partial charge on any atom is 0.341 e. The van der Waals surface area contributed by atoms with Gasteiger partial charge < -0.3 is 10.5 Å². The fraction of sp³-hybridized carbons (Fsp3) is 0.364. The Balaban J connectivity index is 3.27. The van der Waals surface area contributed by atoms with Crippen LogP contribution in [0.5, 0.6) is 0 Å². The van der Waals surface area contributed by atoms with E-state index in [0.717, 1.165) is 0 Å². The number of hydrogen-bond donors (Lipinski definition) is 1. The lowest BCUT2D eigenvalue weighted by molar-refractivity contribution is 0.0377. The van der Waals surface area contributed by atoms with Crippen molar-refractivity contribution < 1.29 is 13.9 Å². The van der Waals surface area contributed by atoms with Crippen molar-refractivity contribution in [1.82, 2.24) is 0 Å². The van der Waals surface area contributed by atoms with Crippen LogP contribution in [0.4, 0.5) is 10.1 Å². The van der Waals surface area contributed by atoms with Gasteiger partial charge in [0.25, 0.3) is 0 Å². The highest BCUT2D eigenvalue weighted by molar-refractivity contribution is 9.10. The van der Waals surface area contributed by atoms with Crippen molar-refractivity contribution in [3.05, 3.63) is 27.5 Å². The number of ether oxygens (including phenoxy) is 1. The second-order valence-electron chi connectivity index (χ2n) is 3.73. The van der Waals surface area contributed by atoms with Crippen LogP contribution in [0.3, 0.4) is 0 Å². The number of benzene rings is 1. The first kappa shape index (κ1) is 13.0. The molecule has 0 saturated heterocycles. The molecule has 0 aliphatic heterocycles. The number of anilines is 1. The quantitative estimate of drug-likeness (QED) is 0.672. The Morgan fingerprint density at radius 2 is 2.12 bits per heavy atom. The molecular weight excluding hydrogens is 277 g/mol. The van der Waals surface area contributed by atoms with E-state index >= 15 is 0 Å². The zero-order valence-corrected chi connectivity index (χ0v) is 10.9. The molecule has 0 fully saturated rings. The first-order valence-electron chi connectivity index (χ1n) is 4.79. The van der Waals surface area contributed by atoms with E-state index in [-0.39, 0.29) is 21.8 Å². The SMILES string of the molecule is Cc1cc(F)c(Br)c(C(=O)OC(C)C)c1N. The Kier molecular flexibility index (Phi) is 3.91. The van der Waals surface area contributed by atoms with E-state index < -0.39 is 11.8 Å². The molecule has 0 saturated carbocycles. The molecule has 0 heterocycles. The molecule has 1 rings (SSSR count). The Bertz CT molecular complexity index is 406. The molecule has 3 nitrogen and oxygen atoms in total. The van der Waals surface area contributed by atoms with Crippen LogP contribution in [0.25, 0.3) is 0 Å². The molecule has 0 unspecified atom stereocenters. The molecule has 1 aromatic carbocycles. The highest BCUT2D eigenvalue weighted by Gasteiger charge is 2.21. The normalized spacial score (nSPS) is 10.6. The van der Waals surface area contributed by atoms with Crippen molar-refractivity contribution in [2.75, 3.05) is 5.73 Å². The predicted molar refractivity (Wildman–Crippen MR) is 63.8 cm³/mol. The lowest BCUT2D eigenvalue weighted by atomic mass is 10.1. The molecule has 16 heavy (non-hydrogen) atoms. The van der Waals surface area contributed by atoms with E-state index in [1.165, 1.54) is 6.07 Å². The van der Waals surface area contributed by atoms with E-state index in [1.807, 2.05) is 0 Å². The topological polar surface area (TPSA) is 52.3 Å². The monoisotopic (exact) mass is 289 g/mol. The first-order chi connectivity index (χ1) is 7.34. The van der Waals surface area contributed by atoms with Crippen molar-refractivity contribution in [2.45, 2.75) is 26.9 Å². The van der Waals surface area contributed by atoms with Crippen LogP contribution in [-0.2, 0) is 4.74 Å². The largest absolute Gasteiger partial charge is 0.459 e. The molecule has 0 radical (unpaired) electrons. The molecule has 0 amide bonds. The molecule has 88 valence electrons. The number of nitrogens with two attached hydrogens (primary N) is 1. The van der Waals surface area contributed by atoms with Gasteiger partial charge >= 0.3 is 5.97 Å². The van der Waals surface area contributed by atoms with Crippen LogP contribution in [0, 0.1) is 12.7 Å². The summed E-state index contributed by atoms with van der Waals surface area (Å²) in [4.78, 5) is 11.7. The third kappa shape index (κ3) is 2.52. The number of aryl methyl sites for hydroxylation is 1. The van der Waals surface area contributed by atoms with E-state index in [2.05, 4.69) is 15.9 Å². The number of carbonyl (C=O) groups excluding carboxylic acids is 1. The summed E-state index contributed by atoms with van der Waals surface area (Å²) in [5.74, 6) is -1.15. The van der Waals surface area contributed by atoms with Crippen molar-refractivity contribution in [3.63, 3.8) is 0 Å². The number of rotatable bonds is 2. The average Bonchev–Trinajstić information content (AvgIpc) is 2.14. The van der Waals surface area contributed by atoms with E-state index in [9.17, 15) is 9.18 Å². The van der Waals surface area contributed by atoms with Crippen LogP contribution in [0.15, 0.2) is 10.5 Å². The summed E-state index contributed by atoms with van der Waals surface area (Å²) in [6.45, 7) is 5.07. The fourth-order valence-electron chi connectivity index (χ4n) is 1.24. The van der Waals surface area contributed by atoms with Gasteiger partial charge in [-0.15, -0.1) is 0 Å². The molecule has 0 bridgehead atoms. The van der Waals surface area contributed by atoms with Crippen LogP contribution in [0.2, 0.25) is 0 Å². The third-order valence-corrected chi connectivity index (χ3v) is 2.79. The first-order valence-corrected chi connectivity index (χ1v) is 5.59. The zero-order chi connectivity index (χ0) is 12.5. The van der Waals surface area contributed by atoms with Gasteiger partial charge in [0.2, 0.25) is 0 Å². The van der Waals surface area contributed by atoms with Gasteiger partial charge in [-0.05, 0) is 48.3 Å². The average molecular weight is 290 g/mol. The van der Waals surface area contributed by atoms with Gasteiger partial charge in [-0.2, -0.15) is 0 Å². The van der Waals surface area contributed by atoms with E-state index in [0.29, 0.717) is 5.56 Å². The number of nitrogen functional groups attached to an aromatic ring is 1. The van der Waals surface area contributed by atoms with Crippen LogP contribution < -0.4 is 5.73 Å². The summed E-state index contributed by atoms with van der Waals surface area (Å²) in [6.07, 6.45) is -0.276. The second-order valence-corrected chi connectivity index (χ2v) is 4.53. The van der Waals surface area contributed by atoms with Crippen LogP contribution in [0.1, 0.15) is 29.8 Å². The number of halogens is 2. The van der Waals surface area contributed by atoms with E-state index in [1.54, 1.807) is 20.8 Å². The maximum atomic E-state index is 13.4. The van der Waals surface area contributed by atoms with Gasteiger partial charge in [0.1, 0.15) is 5.82 Å². The van der Waals surface area contributed by atoms with Gasteiger partial charge in [0, 0.05) is 0 Å². The number of esters is 1. The van der Waals surface area contributed by atoms with Crippen molar-refractivity contribution in [2.24, 2.45) is 0 Å². The maximum absolute atomic E-state index is 13.4. The molecule has 0 aromatic heterocycles. The minimum Gasteiger partial charge on any atom is -0.459 e. The minimum atomic E-state index is -0.623. The van der Waals surface area contributed by atoms with E-state index in [4.69, 9.17) is 10.5 Å². The van der Waals surface area contributed by atoms with Gasteiger partial charge in [-0.25, -0.2) is 9.18 Å². The van der Waals surface area contributed by atoms with Crippen LogP contribution >= 0.6 is 15.9 Å². The summed E-state index contributed by atoms with van der Waals surface area (Å²) in [5, 5.41) is 0. The number of hydrogen-bond acceptors (Lipinski definition) is 3. The smallest absolute Gasteiger partial charge is 0.341 e. The Labute approximate surface area is 102 Å². The molecule has 2 N–H and O–H groups in total. The second kappa shape index (κ2) is 4.82. The Hall–Kier alpha value is -1.10. The summed E-state index contributed by atoms with van der Waals surface area (Å²) in [6, 6.07) is 1.27. The zero-order valence-electron chi connectivity index (χ0n) is 9.30. The van der Waals surface area contributed by atoms with Gasteiger partial charge in [-0.1, -0.05) is 0 Å². The van der Waals surface area contributed by atoms with Crippen LogP contribution in [-0.4, -0.2) is 12.1 Å². The summed E-state index contributed by atoms with van der Waals surface area (Å²) >= 11 is 3.00. The summed E-state index contributed by atoms with van der Waals surface area (Å²) in [5.41, 5.74) is 6.52. The highest BCUT2D eigenvalue weighted by atomic mass is 79.9. The lowest BCUT2D eigenvalue weighted by Gasteiger charge is -2.13.